The summed E-state index contributed by atoms with van der Waals surface area (Å²) in [7, 11) is 0. The summed E-state index contributed by atoms with van der Waals surface area (Å²) < 4.78 is 9.21. The van der Waals surface area contributed by atoms with E-state index < -0.39 is 15.3 Å². The van der Waals surface area contributed by atoms with Gasteiger partial charge in [0.2, 0.25) is 3.79 Å². The summed E-state index contributed by atoms with van der Waals surface area (Å²) in [5.74, 6) is 0.0556. The van der Waals surface area contributed by atoms with Crippen molar-refractivity contribution in [2.24, 2.45) is 0 Å². The van der Waals surface area contributed by atoms with E-state index in [1.54, 1.807) is 24.3 Å². The van der Waals surface area contributed by atoms with Crippen molar-refractivity contribution in [2.45, 2.75) is 3.79 Å². The predicted molar refractivity (Wildman–Crippen MR) is 75.6 cm³/mol. The highest BCUT2D eigenvalue weighted by atomic mass is 35.6. The molecule has 0 bridgehead atoms. The molecule has 1 heterocycles. The third-order valence-corrected chi connectivity index (χ3v) is 3.33. The van der Waals surface area contributed by atoms with Crippen molar-refractivity contribution < 1.29 is 19.7 Å². The molecule has 4 nitrogen and oxygen atoms in total. The van der Waals surface area contributed by atoms with Gasteiger partial charge in [0.05, 0.1) is 5.56 Å². The maximum absolute atomic E-state index is 9.90. The largest absolute Gasteiger partial charge is 0.504 e. The molecule has 20 heavy (non-hydrogen) atoms. The molecule has 2 aromatic rings. The smallest absolute Gasteiger partial charge is 0.223 e. The molecule has 0 saturated carbocycles. The molecule has 0 aromatic heterocycles. The number of fused-ring (bicyclic) bond motifs is 2. The molecule has 0 unspecified atom stereocenters. The van der Waals surface area contributed by atoms with E-state index in [-0.39, 0.29) is 17.1 Å². The molecule has 7 heteroatoms. The fourth-order valence-corrected chi connectivity index (χ4v) is 2.43. The zero-order valence-electron chi connectivity index (χ0n) is 9.73. The molecule has 0 aliphatic carbocycles. The SMILES string of the molecule is Oc1cc2c(c(C(Cl)(Cl)Cl)c1O)Oc1ccccc1O2. The van der Waals surface area contributed by atoms with Crippen LogP contribution in [0.5, 0.6) is 34.5 Å². The first-order chi connectivity index (χ1) is 9.38. The number of phenolic OH excluding ortho intramolecular Hbond substituents is 2. The first-order valence-corrected chi connectivity index (χ1v) is 6.62. The third-order valence-electron chi connectivity index (χ3n) is 2.76. The van der Waals surface area contributed by atoms with E-state index in [1.807, 2.05) is 0 Å². The molecule has 3 rings (SSSR count). The molecule has 2 aromatic carbocycles. The van der Waals surface area contributed by atoms with Crippen LogP contribution in [0.25, 0.3) is 0 Å². The minimum absolute atomic E-state index is 0.0546. The molecule has 1 aliphatic rings. The lowest BCUT2D eigenvalue weighted by Gasteiger charge is -2.25. The summed E-state index contributed by atoms with van der Waals surface area (Å²) in [6.45, 7) is 0. The van der Waals surface area contributed by atoms with Crippen molar-refractivity contribution in [1.29, 1.82) is 0 Å². The monoisotopic (exact) mass is 332 g/mol. The molecule has 0 saturated heterocycles. The Morgan fingerprint density at radius 3 is 2.10 bits per heavy atom. The lowest BCUT2D eigenvalue weighted by molar-refractivity contribution is 0.341. The molecular formula is C13H7Cl3O4. The van der Waals surface area contributed by atoms with Gasteiger partial charge in [-0.1, -0.05) is 46.9 Å². The topological polar surface area (TPSA) is 58.9 Å². The minimum atomic E-state index is -1.98. The number of benzene rings is 2. The van der Waals surface area contributed by atoms with Gasteiger partial charge < -0.3 is 19.7 Å². The maximum Gasteiger partial charge on any atom is 0.223 e. The first kappa shape index (κ1) is 13.5. The fourth-order valence-electron chi connectivity index (χ4n) is 1.90. The number of rotatable bonds is 0. The second kappa shape index (κ2) is 4.52. The van der Waals surface area contributed by atoms with Crippen LogP contribution in [0.15, 0.2) is 30.3 Å². The van der Waals surface area contributed by atoms with Gasteiger partial charge in [0.15, 0.2) is 34.5 Å². The predicted octanol–water partition coefficient (Wildman–Crippen LogP) is 4.82. The number of aromatic hydroxyl groups is 2. The van der Waals surface area contributed by atoms with Crippen molar-refractivity contribution in [3.05, 3.63) is 35.9 Å². The number of hydrogen-bond donors (Lipinski definition) is 2. The van der Waals surface area contributed by atoms with Gasteiger partial charge in [0, 0.05) is 6.07 Å². The summed E-state index contributed by atoms with van der Waals surface area (Å²) >= 11 is 17.5. The number of halogens is 3. The van der Waals surface area contributed by atoms with E-state index in [9.17, 15) is 10.2 Å². The van der Waals surface area contributed by atoms with Crippen molar-refractivity contribution in [3.63, 3.8) is 0 Å². The lowest BCUT2D eigenvalue weighted by Crippen LogP contribution is -2.08. The van der Waals surface area contributed by atoms with Crippen LogP contribution in [0.4, 0.5) is 0 Å². The van der Waals surface area contributed by atoms with Crippen LogP contribution in [0.1, 0.15) is 5.56 Å². The standard InChI is InChI=1S/C13H7Cl3O4/c14-13(15,16)10-11(18)6(17)5-9-12(10)20-8-4-2-1-3-7(8)19-9/h1-5,17-18H. The summed E-state index contributed by atoms with van der Waals surface area (Å²) in [5, 5.41) is 19.6. The Balaban J connectivity index is 2.24. The maximum atomic E-state index is 9.90. The van der Waals surface area contributed by atoms with E-state index in [2.05, 4.69) is 0 Å². The van der Waals surface area contributed by atoms with Crippen LogP contribution < -0.4 is 9.47 Å². The van der Waals surface area contributed by atoms with Crippen LogP contribution >= 0.6 is 34.8 Å². The van der Waals surface area contributed by atoms with Crippen LogP contribution in [0.3, 0.4) is 0 Å². The average molecular weight is 334 g/mol. The summed E-state index contributed by atoms with van der Waals surface area (Å²) in [6, 6.07) is 8.08. The zero-order valence-corrected chi connectivity index (χ0v) is 12.0. The summed E-state index contributed by atoms with van der Waals surface area (Å²) in [5.41, 5.74) is -0.174. The second-order valence-electron chi connectivity index (χ2n) is 4.10. The van der Waals surface area contributed by atoms with Gasteiger partial charge in [0.25, 0.3) is 0 Å². The lowest BCUT2D eigenvalue weighted by atomic mass is 10.1. The van der Waals surface area contributed by atoms with E-state index in [1.165, 1.54) is 6.07 Å². The summed E-state index contributed by atoms with van der Waals surface area (Å²) in [6.07, 6.45) is 0. The van der Waals surface area contributed by atoms with Gasteiger partial charge in [-0.25, -0.2) is 0 Å². The van der Waals surface area contributed by atoms with Gasteiger partial charge in [-0.2, -0.15) is 0 Å². The number of para-hydroxylation sites is 2. The highest BCUT2D eigenvalue weighted by Gasteiger charge is 2.37. The molecule has 1 aliphatic heterocycles. The van der Waals surface area contributed by atoms with Gasteiger partial charge in [-0.15, -0.1) is 0 Å². The second-order valence-corrected chi connectivity index (χ2v) is 6.38. The molecule has 104 valence electrons. The molecule has 2 N–H and O–H groups in total. The normalized spacial score (nSPS) is 12.9. The highest BCUT2D eigenvalue weighted by molar-refractivity contribution is 6.67. The van der Waals surface area contributed by atoms with Crippen LogP contribution in [0.2, 0.25) is 0 Å². The van der Waals surface area contributed by atoms with Crippen molar-refractivity contribution >= 4 is 34.8 Å². The Kier molecular flexibility index (Phi) is 3.05. The summed E-state index contributed by atoms with van der Waals surface area (Å²) in [4.78, 5) is 0. The quantitative estimate of drug-likeness (QED) is 0.457. The van der Waals surface area contributed by atoms with Crippen LogP contribution in [-0.4, -0.2) is 10.2 Å². The molecular weight excluding hydrogens is 326 g/mol. The molecule has 0 fully saturated rings. The number of phenols is 2. The number of hydrogen-bond acceptors (Lipinski definition) is 4. The highest BCUT2D eigenvalue weighted by Crippen LogP contribution is 2.58. The first-order valence-electron chi connectivity index (χ1n) is 5.49. The van der Waals surface area contributed by atoms with E-state index in [0.717, 1.165) is 0 Å². The van der Waals surface area contributed by atoms with E-state index >= 15 is 0 Å². The number of ether oxygens (including phenoxy) is 2. The van der Waals surface area contributed by atoms with Crippen LogP contribution in [-0.2, 0) is 3.79 Å². The Bertz CT molecular complexity index is 695. The zero-order chi connectivity index (χ0) is 14.5. The Morgan fingerprint density at radius 1 is 0.900 bits per heavy atom. The van der Waals surface area contributed by atoms with Gasteiger partial charge >= 0.3 is 0 Å². The van der Waals surface area contributed by atoms with Crippen LogP contribution in [0, 0.1) is 0 Å². The van der Waals surface area contributed by atoms with Crippen molar-refractivity contribution in [3.8, 4) is 34.5 Å². The fraction of sp³-hybridized carbons (Fsp3) is 0.0769. The Morgan fingerprint density at radius 2 is 1.50 bits per heavy atom. The van der Waals surface area contributed by atoms with Crippen molar-refractivity contribution in [2.75, 3.05) is 0 Å². The minimum Gasteiger partial charge on any atom is -0.504 e. The van der Waals surface area contributed by atoms with Crippen molar-refractivity contribution in [1.82, 2.24) is 0 Å². The number of alkyl halides is 3. The molecule has 0 radical (unpaired) electrons. The average Bonchev–Trinajstić information content (AvgIpc) is 2.36. The van der Waals surface area contributed by atoms with E-state index in [0.29, 0.717) is 11.5 Å². The van der Waals surface area contributed by atoms with Gasteiger partial charge in [-0.3, -0.25) is 0 Å². The molecule has 0 amide bonds. The molecule has 0 spiro atoms. The third kappa shape index (κ3) is 2.10. The Hall–Kier alpha value is -1.49. The Labute approximate surface area is 129 Å². The van der Waals surface area contributed by atoms with E-state index in [4.69, 9.17) is 44.3 Å². The van der Waals surface area contributed by atoms with Gasteiger partial charge in [0.1, 0.15) is 0 Å². The van der Waals surface area contributed by atoms with Gasteiger partial charge in [-0.05, 0) is 12.1 Å². The molecule has 0 atom stereocenters.